The molecule has 0 heterocycles. The quantitative estimate of drug-likeness (QED) is 0.502. The molecule has 0 aliphatic rings. The monoisotopic (exact) mass is 242 g/mol. The first-order valence-corrected chi connectivity index (χ1v) is 3.52. The predicted octanol–water partition coefficient (Wildman–Crippen LogP) is -0.909. The maximum Gasteiger partial charge on any atom is 0 e. The normalized spacial score (nSPS) is 8.91. The smallest absolute Gasteiger partial charge is 0 e. The molecule has 11 heavy (non-hydrogen) atoms. The molecular weight excluding hydrogens is 236 g/mol. The van der Waals surface area contributed by atoms with Crippen molar-refractivity contribution in [1.82, 2.24) is 0 Å². The molecule has 0 aromatic rings. The molecule has 0 saturated carbocycles. The van der Waals surface area contributed by atoms with Crippen LogP contribution in [0, 0.1) is 0 Å². The van der Waals surface area contributed by atoms with E-state index in [4.69, 9.17) is 4.55 Å². The van der Waals surface area contributed by atoms with Gasteiger partial charge in [0.1, 0.15) is 0 Å². The fourth-order valence-corrected chi connectivity index (χ4v) is 0.529. The molecule has 0 saturated heterocycles. The van der Waals surface area contributed by atoms with Gasteiger partial charge in [0, 0.05) is 25.9 Å². The first-order chi connectivity index (χ1) is 3.95. The van der Waals surface area contributed by atoms with Gasteiger partial charge in [0.05, 0.1) is 0 Å². The topological polar surface area (TPSA) is 80.7 Å². The van der Waals surface area contributed by atoms with Crippen LogP contribution in [0.4, 0.5) is 0 Å². The van der Waals surface area contributed by atoms with Gasteiger partial charge in [-0.3, -0.25) is 9.35 Å². The first-order valence-electron chi connectivity index (χ1n) is 2.15. The van der Waals surface area contributed by atoms with Gasteiger partial charge in [-0.1, -0.05) is 6.92 Å². The molecule has 0 radical (unpaired) electrons. The molecule has 0 aliphatic carbocycles. The Morgan fingerprint density at radius 2 is 1.91 bits per heavy atom. The third-order valence-electron chi connectivity index (χ3n) is 0.487. The van der Waals surface area contributed by atoms with Gasteiger partial charge >= 0.3 is 45.9 Å². The molecule has 0 aliphatic heterocycles. The Morgan fingerprint density at radius 3 is 2.00 bits per heavy atom. The van der Waals surface area contributed by atoms with Crippen LogP contribution in [-0.4, -0.2) is 48.5 Å². The van der Waals surface area contributed by atoms with Crippen molar-refractivity contribution in [3.8, 4) is 0 Å². The van der Waals surface area contributed by atoms with E-state index < -0.39 is 16.4 Å². The van der Waals surface area contributed by atoms with Crippen LogP contribution in [0.1, 0.15) is 13.3 Å². The average Bonchev–Trinajstić information content (AvgIpc) is 1.62. The Balaban J connectivity index is -0.000000320. The summed E-state index contributed by atoms with van der Waals surface area (Å²) in [5, 5.41) is 0. The van der Waals surface area contributed by atoms with Crippen molar-refractivity contribution in [3.63, 3.8) is 0 Å². The second kappa shape index (κ2) is 7.64. The van der Waals surface area contributed by atoms with Crippen molar-refractivity contribution < 1.29 is 41.4 Å². The first kappa shape index (κ1) is 17.9. The van der Waals surface area contributed by atoms with Crippen molar-refractivity contribution in [1.29, 1.82) is 0 Å². The number of hydrogen-bond acceptors (Lipinski definition) is 4. The molecule has 1 N–H and O–H groups in total. The van der Waals surface area contributed by atoms with Crippen LogP contribution < -0.4 is 0 Å². The van der Waals surface area contributed by atoms with Gasteiger partial charge in [0.25, 0.3) is 0 Å². The van der Waals surface area contributed by atoms with E-state index in [2.05, 4.69) is 4.18 Å². The fourth-order valence-electron chi connectivity index (χ4n) is 0.176. The second-order valence-corrected chi connectivity index (χ2v) is 2.26. The summed E-state index contributed by atoms with van der Waals surface area (Å²) in [5.74, 6) is -0.975. The summed E-state index contributed by atoms with van der Waals surface area (Å²) in [6.07, 6.45) is -0.0835. The van der Waals surface area contributed by atoms with Crippen LogP contribution >= 0.6 is 0 Å². The van der Waals surface area contributed by atoms with E-state index in [1.807, 2.05) is 0 Å². The summed E-state index contributed by atoms with van der Waals surface area (Å²) in [4.78, 5) is 10.1. The van der Waals surface area contributed by atoms with Crippen LogP contribution in [0.25, 0.3) is 0 Å². The van der Waals surface area contributed by atoms with Crippen molar-refractivity contribution in [2.75, 3.05) is 0 Å². The van der Waals surface area contributed by atoms with Crippen LogP contribution in [0.3, 0.4) is 0 Å². The molecule has 0 fully saturated rings. The summed E-state index contributed by atoms with van der Waals surface area (Å²) >= 11 is 0. The van der Waals surface area contributed by atoms with Gasteiger partial charge in [0.2, 0.25) is 0 Å². The standard InChI is InChI=1S/C3H6O5S.Na.Zn.H/c1-2-3(4)8-9(5,6)7;;;/h2H2,1H3,(H,5,6,7);;;. The number of hydrogen-bond donors (Lipinski definition) is 1. The second-order valence-electron chi connectivity index (χ2n) is 1.24. The van der Waals surface area contributed by atoms with Crippen molar-refractivity contribution in [2.24, 2.45) is 0 Å². The minimum absolute atomic E-state index is 0. The summed E-state index contributed by atoms with van der Waals surface area (Å²) in [6, 6.07) is 0. The molecule has 0 aromatic heterocycles. The molecule has 0 unspecified atom stereocenters. The zero-order chi connectivity index (χ0) is 7.49. The van der Waals surface area contributed by atoms with Crippen molar-refractivity contribution >= 4 is 45.9 Å². The Morgan fingerprint density at radius 1 is 1.55 bits per heavy atom. The van der Waals surface area contributed by atoms with Gasteiger partial charge < -0.3 is 4.18 Å². The summed E-state index contributed by atoms with van der Waals surface area (Å²) in [6.45, 7) is 1.41. The maximum atomic E-state index is 10.1. The molecular formula is C3H7NaO5SZn. The molecule has 0 bridgehead atoms. The van der Waals surface area contributed by atoms with Gasteiger partial charge in [-0.15, -0.1) is 0 Å². The van der Waals surface area contributed by atoms with Gasteiger partial charge in [-0.25, -0.2) is 0 Å². The van der Waals surface area contributed by atoms with Crippen molar-refractivity contribution in [2.45, 2.75) is 13.3 Å². The summed E-state index contributed by atoms with van der Waals surface area (Å²) in [5.41, 5.74) is 0. The van der Waals surface area contributed by atoms with Gasteiger partial charge in [-0.2, -0.15) is 8.42 Å². The largest absolute Gasteiger partial charge is 0 e. The number of carbonyl (C=O) groups excluding carboxylic acids is 1. The zero-order valence-corrected chi connectivity index (χ0v) is 9.19. The van der Waals surface area contributed by atoms with Crippen molar-refractivity contribution in [3.05, 3.63) is 0 Å². The van der Waals surface area contributed by atoms with Gasteiger partial charge in [0.15, 0.2) is 0 Å². The summed E-state index contributed by atoms with van der Waals surface area (Å²) < 4.78 is 30.8. The third-order valence-corrected chi connectivity index (χ3v) is 0.883. The Bertz CT molecular complexity index is 200. The van der Waals surface area contributed by atoms with E-state index in [9.17, 15) is 13.2 Å². The Hall–Kier alpha value is 1.00. The van der Waals surface area contributed by atoms with E-state index in [1.54, 1.807) is 0 Å². The third kappa shape index (κ3) is 13.9. The fraction of sp³-hybridized carbons (Fsp3) is 0.667. The van der Waals surface area contributed by atoms with Crippen LogP contribution in [-0.2, 0) is 38.9 Å². The zero-order valence-electron chi connectivity index (χ0n) is 5.40. The minimum atomic E-state index is -4.58. The van der Waals surface area contributed by atoms with Crippen LogP contribution in [0.15, 0.2) is 0 Å². The molecule has 0 amide bonds. The molecule has 5 nitrogen and oxygen atoms in total. The van der Waals surface area contributed by atoms with Crippen LogP contribution in [0.5, 0.6) is 0 Å². The molecule has 0 rings (SSSR count). The SMILES string of the molecule is CCC(=O)OS(=O)(=O)O.[NaH].[Zn]. The van der Waals surface area contributed by atoms with E-state index in [0.717, 1.165) is 0 Å². The van der Waals surface area contributed by atoms with E-state index >= 15 is 0 Å². The molecule has 0 atom stereocenters. The Kier molecular flexibility index (Phi) is 12.5. The molecule has 0 spiro atoms. The van der Waals surface area contributed by atoms with Gasteiger partial charge in [-0.05, 0) is 0 Å². The summed E-state index contributed by atoms with van der Waals surface area (Å²) in [7, 11) is -4.58. The van der Waals surface area contributed by atoms with E-state index in [1.165, 1.54) is 6.92 Å². The molecule has 0 aromatic carbocycles. The van der Waals surface area contributed by atoms with E-state index in [-0.39, 0.29) is 55.5 Å². The maximum absolute atomic E-state index is 10.1. The molecule has 58 valence electrons. The number of carbonyl (C=O) groups is 1. The Labute approximate surface area is 99.9 Å². The average molecular weight is 244 g/mol. The minimum Gasteiger partial charge on any atom is 0 e. The predicted molar refractivity (Wildman–Crippen MR) is 35.1 cm³/mol. The van der Waals surface area contributed by atoms with Crippen LogP contribution in [0.2, 0.25) is 0 Å². The van der Waals surface area contributed by atoms with E-state index in [0.29, 0.717) is 0 Å². The number of rotatable bonds is 2. The molecule has 8 heteroatoms.